The van der Waals surface area contributed by atoms with Crippen LogP contribution in [0.1, 0.15) is 36.8 Å². The SMILES string of the molecule is C[C@@]12C(=O)N(c3ccc(F)c(Cl)c3)C(=O)[C@@H]1C[C@@H]1C(=CC[C@@H]3C(=O)N(Cc4ccccc4)C(=O)[C@@H]31)[C@@H]2c1cccc(F)c1O. The second kappa shape index (κ2) is 10.1. The highest BCUT2D eigenvalue weighted by Gasteiger charge is 2.68. The summed E-state index contributed by atoms with van der Waals surface area (Å²) in [6.45, 7) is 1.73. The van der Waals surface area contributed by atoms with E-state index in [0.29, 0.717) is 5.57 Å². The number of aromatic hydroxyl groups is 1. The Hall–Kier alpha value is -4.37. The van der Waals surface area contributed by atoms with Gasteiger partial charge in [0.1, 0.15) is 5.82 Å². The number of carbonyl (C=O) groups excluding carboxylic acids is 4. The lowest BCUT2D eigenvalue weighted by Gasteiger charge is -2.49. The maximum atomic E-state index is 14.8. The smallest absolute Gasteiger partial charge is 0.241 e. The van der Waals surface area contributed by atoms with Gasteiger partial charge in [-0.15, -0.1) is 0 Å². The number of phenolic OH excluding ortho intramolecular Hbond substituents is 1. The van der Waals surface area contributed by atoms with Gasteiger partial charge < -0.3 is 5.11 Å². The Labute approximate surface area is 256 Å². The van der Waals surface area contributed by atoms with Gasteiger partial charge in [-0.3, -0.25) is 24.1 Å². The molecule has 6 atom stereocenters. The van der Waals surface area contributed by atoms with Gasteiger partial charge in [-0.25, -0.2) is 13.7 Å². The van der Waals surface area contributed by atoms with E-state index >= 15 is 0 Å². The van der Waals surface area contributed by atoms with Gasteiger partial charge in [-0.05, 0) is 55.5 Å². The number of likely N-dealkylation sites (tertiary alicyclic amines) is 1. The molecule has 3 aromatic carbocycles. The molecule has 7 nitrogen and oxygen atoms in total. The van der Waals surface area contributed by atoms with Gasteiger partial charge in [-0.2, -0.15) is 0 Å². The maximum absolute atomic E-state index is 14.8. The average Bonchev–Trinajstić information content (AvgIpc) is 3.36. The number of hydrogen-bond acceptors (Lipinski definition) is 5. The van der Waals surface area contributed by atoms with E-state index < -0.39 is 64.2 Å². The van der Waals surface area contributed by atoms with Crippen molar-refractivity contribution >= 4 is 40.9 Å². The number of anilines is 1. The van der Waals surface area contributed by atoms with E-state index in [4.69, 9.17) is 11.6 Å². The molecule has 1 N–H and O–H groups in total. The molecular weight excluding hydrogens is 590 g/mol. The number of phenols is 1. The Kier molecular flexibility index (Phi) is 6.51. The van der Waals surface area contributed by atoms with E-state index in [9.17, 15) is 33.1 Å². The fraction of sp³-hybridized carbons (Fsp3) is 0.294. The van der Waals surface area contributed by atoms with Crippen LogP contribution in [-0.4, -0.2) is 33.6 Å². The second-order valence-corrected chi connectivity index (χ2v) is 12.6. The van der Waals surface area contributed by atoms with Gasteiger partial charge in [0.15, 0.2) is 11.6 Å². The minimum atomic E-state index is -1.49. The van der Waals surface area contributed by atoms with Crippen molar-refractivity contribution in [1.82, 2.24) is 4.90 Å². The van der Waals surface area contributed by atoms with E-state index in [1.54, 1.807) is 6.92 Å². The topological polar surface area (TPSA) is 95.0 Å². The molecule has 2 heterocycles. The molecule has 4 aliphatic rings. The third-order valence-corrected chi connectivity index (χ3v) is 10.3. The molecule has 0 aromatic heterocycles. The summed E-state index contributed by atoms with van der Waals surface area (Å²) in [5.41, 5.74) is 0.122. The first-order valence-corrected chi connectivity index (χ1v) is 14.8. The van der Waals surface area contributed by atoms with E-state index in [1.807, 2.05) is 36.4 Å². The zero-order chi connectivity index (χ0) is 31.1. The highest BCUT2D eigenvalue weighted by Crippen LogP contribution is 2.64. The Morgan fingerprint density at radius 1 is 0.909 bits per heavy atom. The number of para-hydroxylation sites is 1. The van der Waals surface area contributed by atoms with Crippen molar-refractivity contribution in [2.75, 3.05) is 4.90 Å². The lowest BCUT2D eigenvalue weighted by Crippen LogP contribution is -2.48. The highest BCUT2D eigenvalue weighted by molar-refractivity contribution is 6.31. The minimum Gasteiger partial charge on any atom is -0.505 e. The Morgan fingerprint density at radius 3 is 2.39 bits per heavy atom. The van der Waals surface area contributed by atoms with Crippen molar-refractivity contribution in [2.45, 2.75) is 32.2 Å². The maximum Gasteiger partial charge on any atom is 0.241 e. The van der Waals surface area contributed by atoms with Crippen molar-refractivity contribution in [3.05, 3.63) is 106 Å². The summed E-state index contributed by atoms with van der Waals surface area (Å²) in [4.78, 5) is 58.3. The van der Waals surface area contributed by atoms with E-state index in [-0.39, 0.29) is 47.5 Å². The quantitative estimate of drug-likeness (QED) is 0.297. The lowest BCUT2D eigenvalue weighted by molar-refractivity contribution is -0.141. The summed E-state index contributed by atoms with van der Waals surface area (Å²) >= 11 is 6.02. The summed E-state index contributed by atoms with van der Waals surface area (Å²) < 4.78 is 28.8. The number of fused-ring (bicyclic) bond motifs is 4. The Morgan fingerprint density at radius 2 is 1.66 bits per heavy atom. The third kappa shape index (κ3) is 3.91. The predicted molar refractivity (Wildman–Crippen MR) is 156 cm³/mol. The van der Waals surface area contributed by atoms with Crippen LogP contribution in [0.3, 0.4) is 0 Å². The Bertz CT molecular complexity index is 1800. The van der Waals surface area contributed by atoms with Crippen LogP contribution in [0, 0.1) is 40.7 Å². The number of imide groups is 2. The number of halogens is 3. The molecule has 0 bridgehead atoms. The zero-order valence-corrected chi connectivity index (χ0v) is 24.3. The first-order chi connectivity index (χ1) is 21.0. The summed E-state index contributed by atoms with van der Waals surface area (Å²) in [5.74, 6) is -8.11. The normalized spacial score (nSPS) is 29.5. The summed E-state index contributed by atoms with van der Waals surface area (Å²) in [7, 11) is 0. The molecule has 44 heavy (non-hydrogen) atoms. The number of nitrogens with zero attached hydrogens (tertiary/aromatic N) is 2. The molecule has 224 valence electrons. The third-order valence-electron chi connectivity index (χ3n) is 10.0. The summed E-state index contributed by atoms with van der Waals surface area (Å²) in [5, 5.41) is 10.7. The number of hydrogen-bond donors (Lipinski definition) is 1. The Balaban J connectivity index is 1.35. The highest BCUT2D eigenvalue weighted by atomic mass is 35.5. The minimum absolute atomic E-state index is 0.0835. The standard InChI is InChI=1S/C34H27ClF2N2O5/c1-34-23(31(42)39(33(34)44)18-10-13-25(36)24(35)14-18)15-22-19(28(34)21-8-5-9-26(37)29(21)40)11-12-20-27(22)32(43)38(30(20)41)16-17-6-3-2-4-7-17/h2-11,13-14,20,22-23,27-28,40H,12,15-16H2,1H3/t20-,22+,23-,27-,28+,34+/m0/s1. The molecule has 2 aliphatic heterocycles. The van der Waals surface area contributed by atoms with E-state index in [1.165, 1.54) is 29.2 Å². The van der Waals surface area contributed by atoms with Crippen LogP contribution in [0.5, 0.6) is 5.75 Å². The van der Waals surface area contributed by atoms with Crippen molar-refractivity contribution in [3.8, 4) is 5.75 Å². The molecule has 7 rings (SSSR count). The van der Waals surface area contributed by atoms with Crippen LogP contribution in [0.4, 0.5) is 14.5 Å². The molecule has 0 radical (unpaired) electrons. The van der Waals surface area contributed by atoms with Crippen LogP contribution in [-0.2, 0) is 25.7 Å². The lowest BCUT2D eigenvalue weighted by atomic mass is 9.51. The van der Waals surface area contributed by atoms with Gasteiger partial charge in [0.25, 0.3) is 0 Å². The largest absolute Gasteiger partial charge is 0.505 e. The number of allylic oxidation sites excluding steroid dienone is 2. The predicted octanol–water partition coefficient (Wildman–Crippen LogP) is 5.75. The van der Waals surface area contributed by atoms with Crippen molar-refractivity contribution in [2.24, 2.45) is 29.1 Å². The number of rotatable bonds is 4. The summed E-state index contributed by atoms with van der Waals surface area (Å²) in [6, 6.07) is 16.7. The van der Waals surface area contributed by atoms with Crippen LogP contribution in [0.15, 0.2) is 78.4 Å². The molecular formula is C34H27ClF2N2O5. The molecule has 1 saturated carbocycles. The van der Waals surface area contributed by atoms with Gasteiger partial charge in [0.2, 0.25) is 23.6 Å². The van der Waals surface area contributed by atoms with Crippen molar-refractivity contribution < 1.29 is 33.1 Å². The van der Waals surface area contributed by atoms with E-state index in [0.717, 1.165) is 22.6 Å². The molecule has 4 amide bonds. The molecule has 10 heteroatoms. The van der Waals surface area contributed by atoms with Crippen LogP contribution >= 0.6 is 11.6 Å². The first kappa shape index (κ1) is 28.4. The number of carbonyl (C=O) groups is 4. The second-order valence-electron chi connectivity index (χ2n) is 12.2. The fourth-order valence-corrected chi connectivity index (χ4v) is 8.16. The van der Waals surface area contributed by atoms with Gasteiger partial charge in [0, 0.05) is 11.5 Å². The first-order valence-electron chi connectivity index (χ1n) is 14.4. The molecule has 0 unspecified atom stereocenters. The molecule has 2 aliphatic carbocycles. The van der Waals surface area contributed by atoms with Crippen LogP contribution in [0.25, 0.3) is 0 Å². The molecule has 0 spiro atoms. The van der Waals surface area contributed by atoms with E-state index in [2.05, 4.69) is 0 Å². The van der Waals surface area contributed by atoms with Crippen LogP contribution in [0.2, 0.25) is 5.02 Å². The number of benzene rings is 3. The monoisotopic (exact) mass is 616 g/mol. The van der Waals surface area contributed by atoms with Gasteiger partial charge >= 0.3 is 0 Å². The molecule has 2 saturated heterocycles. The molecule has 3 fully saturated rings. The summed E-state index contributed by atoms with van der Waals surface area (Å²) in [6.07, 6.45) is 2.14. The zero-order valence-electron chi connectivity index (χ0n) is 23.5. The van der Waals surface area contributed by atoms with Crippen molar-refractivity contribution in [1.29, 1.82) is 0 Å². The van der Waals surface area contributed by atoms with Crippen LogP contribution < -0.4 is 4.90 Å². The van der Waals surface area contributed by atoms with Gasteiger partial charge in [-0.1, -0.05) is 65.7 Å². The van der Waals surface area contributed by atoms with Gasteiger partial charge in [0.05, 0.1) is 40.4 Å². The van der Waals surface area contributed by atoms with Crippen molar-refractivity contribution in [3.63, 3.8) is 0 Å². The molecule has 3 aromatic rings. The fourth-order valence-electron chi connectivity index (χ4n) is 7.98. The number of amides is 4. The average molecular weight is 617 g/mol.